The Bertz CT molecular complexity index is 581. The molecule has 0 aliphatic carbocycles. The molecule has 0 radical (unpaired) electrons. The van der Waals surface area contributed by atoms with E-state index in [9.17, 15) is 4.79 Å². The predicted octanol–water partition coefficient (Wildman–Crippen LogP) is 2.35. The van der Waals surface area contributed by atoms with E-state index >= 15 is 0 Å². The Kier molecular flexibility index (Phi) is 4.95. The first-order valence-corrected chi connectivity index (χ1v) is 6.80. The van der Waals surface area contributed by atoms with Gasteiger partial charge in [0.1, 0.15) is 11.8 Å². The van der Waals surface area contributed by atoms with Crippen LogP contribution in [-0.2, 0) is 11.3 Å². The number of nitrogens with zero attached hydrogens (tertiary/aromatic N) is 1. The zero-order valence-corrected chi connectivity index (χ0v) is 12.3. The topological polar surface area (TPSA) is 55.6 Å². The Hall–Kier alpha value is -2.33. The fraction of sp³-hybridized carbons (Fsp3) is 0.235. The number of amides is 1. The molecule has 1 atom stereocenters. The average Bonchev–Trinajstić information content (AvgIpc) is 2.54. The molecule has 110 valence electrons. The van der Waals surface area contributed by atoms with Gasteiger partial charge in [0.15, 0.2) is 0 Å². The number of benzene rings is 2. The van der Waals surface area contributed by atoms with E-state index in [0.717, 1.165) is 16.9 Å². The molecule has 2 rings (SSSR count). The largest absolute Gasteiger partial charge is 0.497 e. The first kappa shape index (κ1) is 15.1. The summed E-state index contributed by atoms with van der Waals surface area (Å²) >= 11 is 0. The van der Waals surface area contributed by atoms with Crippen molar-refractivity contribution in [3.05, 3.63) is 65.7 Å². The lowest BCUT2D eigenvalue weighted by Crippen LogP contribution is -2.35. The second kappa shape index (κ2) is 6.90. The quantitative estimate of drug-likeness (QED) is 0.917. The average molecular weight is 284 g/mol. The number of ether oxygens (including phenoxy) is 1. The molecule has 1 amide bonds. The Morgan fingerprint density at radius 2 is 1.76 bits per heavy atom. The highest BCUT2D eigenvalue weighted by molar-refractivity contribution is 5.82. The highest BCUT2D eigenvalue weighted by Gasteiger charge is 2.19. The number of methoxy groups -OCH3 is 1. The van der Waals surface area contributed by atoms with Crippen molar-refractivity contribution in [2.24, 2.45) is 5.73 Å². The molecule has 0 fully saturated rings. The first-order valence-electron chi connectivity index (χ1n) is 6.80. The van der Waals surface area contributed by atoms with E-state index < -0.39 is 6.04 Å². The summed E-state index contributed by atoms with van der Waals surface area (Å²) in [6.45, 7) is 0.545. The van der Waals surface area contributed by atoms with Crippen molar-refractivity contribution >= 4 is 5.91 Å². The molecule has 4 nitrogen and oxygen atoms in total. The van der Waals surface area contributed by atoms with Crippen molar-refractivity contribution in [3.63, 3.8) is 0 Å². The smallest absolute Gasteiger partial charge is 0.244 e. The third kappa shape index (κ3) is 3.83. The highest BCUT2D eigenvalue weighted by Crippen LogP contribution is 2.18. The Balaban J connectivity index is 2.03. The highest BCUT2D eigenvalue weighted by atomic mass is 16.5. The third-order valence-electron chi connectivity index (χ3n) is 3.38. The minimum absolute atomic E-state index is 0.107. The molecule has 0 aliphatic rings. The lowest BCUT2D eigenvalue weighted by molar-refractivity contribution is -0.131. The summed E-state index contributed by atoms with van der Waals surface area (Å²) in [6.07, 6.45) is 0. The molecule has 21 heavy (non-hydrogen) atoms. The van der Waals surface area contributed by atoms with Gasteiger partial charge in [-0.3, -0.25) is 4.79 Å². The fourth-order valence-electron chi connectivity index (χ4n) is 2.13. The minimum Gasteiger partial charge on any atom is -0.497 e. The van der Waals surface area contributed by atoms with E-state index in [2.05, 4.69) is 0 Å². The zero-order valence-electron chi connectivity index (χ0n) is 12.3. The van der Waals surface area contributed by atoms with Gasteiger partial charge >= 0.3 is 0 Å². The van der Waals surface area contributed by atoms with Crippen LogP contribution in [0.3, 0.4) is 0 Å². The second-order valence-corrected chi connectivity index (χ2v) is 4.93. The molecular formula is C17H20N2O2. The van der Waals surface area contributed by atoms with Gasteiger partial charge in [0, 0.05) is 13.6 Å². The summed E-state index contributed by atoms with van der Waals surface area (Å²) in [6, 6.07) is 16.4. The molecule has 1 unspecified atom stereocenters. The third-order valence-corrected chi connectivity index (χ3v) is 3.38. The van der Waals surface area contributed by atoms with Gasteiger partial charge in [0.2, 0.25) is 5.91 Å². The lowest BCUT2D eigenvalue weighted by atomic mass is 10.1. The molecule has 2 N–H and O–H groups in total. The molecule has 0 saturated heterocycles. The van der Waals surface area contributed by atoms with Crippen molar-refractivity contribution in [1.82, 2.24) is 4.90 Å². The minimum atomic E-state index is -0.662. The summed E-state index contributed by atoms with van der Waals surface area (Å²) < 4.78 is 5.10. The van der Waals surface area contributed by atoms with Crippen molar-refractivity contribution < 1.29 is 9.53 Å². The van der Waals surface area contributed by atoms with Gasteiger partial charge < -0.3 is 15.4 Å². The van der Waals surface area contributed by atoms with Crippen molar-refractivity contribution in [3.8, 4) is 5.75 Å². The van der Waals surface area contributed by atoms with Crippen LogP contribution in [0.4, 0.5) is 0 Å². The van der Waals surface area contributed by atoms with E-state index in [0.29, 0.717) is 6.54 Å². The Morgan fingerprint density at radius 3 is 2.33 bits per heavy atom. The van der Waals surface area contributed by atoms with Crippen LogP contribution in [0.15, 0.2) is 54.6 Å². The van der Waals surface area contributed by atoms with Gasteiger partial charge in [0.05, 0.1) is 7.11 Å². The number of likely N-dealkylation sites (N-methyl/N-ethyl adjacent to an activating group) is 1. The van der Waals surface area contributed by atoms with E-state index in [-0.39, 0.29) is 5.91 Å². The number of rotatable bonds is 5. The van der Waals surface area contributed by atoms with Crippen LogP contribution in [0.2, 0.25) is 0 Å². The fourth-order valence-corrected chi connectivity index (χ4v) is 2.13. The first-order chi connectivity index (χ1) is 10.1. The number of nitrogens with two attached hydrogens (primary N) is 1. The van der Waals surface area contributed by atoms with Crippen molar-refractivity contribution in [2.75, 3.05) is 14.2 Å². The van der Waals surface area contributed by atoms with Gasteiger partial charge in [0.25, 0.3) is 0 Å². The van der Waals surface area contributed by atoms with Gasteiger partial charge in [-0.05, 0) is 23.3 Å². The molecule has 0 saturated carbocycles. The van der Waals surface area contributed by atoms with Crippen LogP contribution < -0.4 is 10.5 Å². The van der Waals surface area contributed by atoms with Crippen molar-refractivity contribution in [2.45, 2.75) is 12.6 Å². The molecule has 0 spiro atoms. The van der Waals surface area contributed by atoms with E-state index in [1.807, 2.05) is 42.5 Å². The summed E-state index contributed by atoms with van der Waals surface area (Å²) in [4.78, 5) is 14.0. The maximum Gasteiger partial charge on any atom is 0.244 e. The lowest BCUT2D eigenvalue weighted by Gasteiger charge is -2.21. The van der Waals surface area contributed by atoms with Crippen LogP contribution >= 0.6 is 0 Å². The van der Waals surface area contributed by atoms with Gasteiger partial charge in [-0.1, -0.05) is 42.5 Å². The number of carbonyl (C=O) groups excluding carboxylic acids is 1. The van der Waals surface area contributed by atoms with Crippen LogP contribution in [0.1, 0.15) is 17.2 Å². The molecule has 0 heterocycles. The molecule has 0 bridgehead atoms. The second-order valence-electron chi connectivity index (χ2n) is 4.93. The van der Waals surface area contributed by atoms with Gasteiger partial charge in [-0.2, -0.15) is 0 Å². The van der Waals surface area contributed by atoms with E-state index in [4.69, 9.17) is 10.5 Å². The Labute approximate surface area is 125 Å². The summed E-state index contributed by atoms with van der Waals surface area (Å²) in [5.74, 6) is 0.639. The SMILES string of the molecule is COc1ccc(C(N)C(=O)N(C)Cc2ccccc2)cc1. The maximum absolute atomic E-state index is 12.4. The molecule has 2 aromatic carbocycles. The van der Waals surface area contributed by atoms with Gasteiger partial charge in [-0.15, -0.1) is 0 Å². The van der Waals surface area contributed by atoms with Crippen LogP contribution in [0.25, 0.3) is 0 Å². The number of hydrogen-bond donors (Lipinski definition) is 1. The standard InChI is InChI=1S/C17H20N2O2/c1-19(12-13-6-4-3-5-7-13)17(20)16(18)14-8-10-15(21-2)11-9-14/h3-11,16H,12,18H2,1-2H3. The molecule has 0 aliphatic heterocycles. The maximum atomic E-state index is 12.4. The Morgan fingerprint density at radius 1 is 1.14 bits per heavy atom. The summed E-state index contributed by atoms with van der Waals surface area (Å²) in [5, 5.41) is 0. The molecule has 2 aromatic rings. The number of carbonyl (C=O) groups is 1. The monoisotopic (exact) mass is 284 g/mol. The van der Waals surface area contributed by atoms with Crippen LogP contribution in [-0.4, -0.2) is 25.0 Å². The van der Waals surface area contributed by atoms with Crippen LogP contribution in [0, 0.1) is 0 Å². The summed E-state index contributed by atoms with van der Waals surface area (Å²) in [7, 11) is 3.37. The van der Waals surface area contributed by atoms with E-state index in [1.165, 1.54) is 0 Å². The van der Waals surface area contributed by atoms with Gasteiger partial charge in [-0.25, -0.2) is 0 Å². The number of hydrogen-bond acceptors (Lipinski definition) is 3. The summed E-state index contributed by atoms with van der Waals surface area (Å²) in [5.41, 5.74) is 7.91. The van der Waals surface area contributed by atoms with E-state index in [1.54, 1.807) is 31.2 Å². The molecule has 0 aromatic heterocycles. The molecular weight excluding hydrogens is 264 g/mol. The molecule has 4 heteroatoms. The van der Waals surface area contributed by atoms with Crippen molar-refractivity contribution in [1.29, 1.82) is 0 Å². The normalized spacial score (nSPS) is 11.8. The predicted molar refractivity (Wildman–Crippen MR) is 82.8 cm³/mol. The van der Waals surface area contributed by atoms with Crippen LogP contribution in [0.5, 0.6) is 5.75 Å². The zero-order chi connectivity index (χ0) is 15.2.